The summed E-state index contributed by atoms with van der Waals surface area (Å²) in [4.78, 5) is 16.6. The number of ether oxygens (including phenoxy) is 1. The molecule has 1 aliphatic carbocycles. The van der Waals surface area contributed by atoms with Crippen LogP contribution in [-0.2, 0) is 0 Å². The van der Waals surface area contributed by atoms with Crippen molar-refractivity contribution in [3.8, 4) is 5.88 Å². The maximum Gasteiger partial charge on any atom is 0.320 e. The predicted octanol–water partition coefficient (Wildman–Crippen LogP) is 2.99. The zero-order valence-corrected chi connectivity index (χ0v) is 15.2. The normalized spacial score (nSPS) is 15.9. The molecule has 1 saturated carbocycles. The van der Waals surface area contributed by atoms with Gasteiger partial charge in [0.05, 0.1) is 22.5 Å². The van der Waals surface area contributed by atoms with Gasteiger partial charge in [-0.15, -0.1) is 5.10 Å². The van der Waals surface area contributed by atoms with E-state index in [0.29, 0.717) is 23.7 Å². The van der Waals surface area contributed by atoms with Gasteiger partial charge in [0.2, 0.25) is 5.88 Å². The van der Waals surface area contributed by atoms with E-state index in [2.05, 4.69) is 25.8 Å². The molecule has 1 aliphatic rings. The molecule has 3 aromatic rings. The zero-order valence-electron chi connectivity index (χ0n) is 15.2. The standard InChI is InChI=1S/C19H19F2N5O3/c20-14(21)10-29-17-12-9-22-15(8-13(12)25-26-17)23-18(27)24-16(19(28)6-7-19)11-4-2-1-3-5-11/h1-5,8-9,14,16,28H,6-7,10H2,(H,25,26)(H2,22,23,24,27). The van der Waals surface area contributed by atoms with Gasteiger partial charge in [-0.2, -0.15) is 0 Å². The van der Waals surface area contributed by atoms with Gasteiger partial charge in [-0.05, 0) is 18.4 Å². The van der Waals surface area contributed by atoms with Crippen molar-refractivity contribution in [2.75, 3.05) is 11.9 Å². The highest BCUT2D eigenvalue weighted by molar-refractivity contribution is 5.92. The third-order valence-electron chi connectivity index (χ3n) is 4.71. The van der Waals surface area contributed by atoms with Gasteiger partial charge in [-0.3, -0.25) is 10.4 Å². The fraction of sp³-hybridized carbons (Fsp3) is 0.316. The number of hydrogen-bond donors (Lipinski definition) is 4. The number of carbonyl (C=O) groups excluding carboxylic acids is 1. The number of H-pyrrole nitrogens is 1. The van der Waals surface area contributed by atoms with Crippen molar-refractivity contribution in [3.63, 3.8) is 0 Å². The molecule has 4 N–H and O–H groups in total. The minimum atomic E-state index is -2.61. The number of aromatic nitrogens is 3. The molecule has 10 heteroatoms. The Bertz CT molecular complexity index is 1010. The van der Waals surface area contributed by atoms with E-state index in [4.69, 9.17) is 4.74 Å². The van der Waals surface area contributed by atoms with Crippen molar-refractivity contribution < 1.29 is 23.4 Å². The number of urea groups is 1. The van der Waals surface area contributed by atoms with Gasteiger partial charge in [0, 0.05) is 12.3 Å². The Labute approximate surface area is 164 Å². The highest BCUT2D eigenvalue weighted by atomic mass is 19.3. The van der Waals surface area contributed by atoms with Gasteiger partial charge >= 0.3 is 6.03 Å². The molecule has 0 saturated heterocycles. The molecule has 1 fully saturated rings. The number of aromatic amines is 1. The van der Waals surface area contributed by atoms with Crippen LogP contribution in [0.3, 0.4) is 0 Å². The summed E-state index contributed by atoms with van der Waals surface area (Å²) < 4.78 is 29.5. The molecular weight excluding hydrogens is 384 g/mol. The molecule has 0 bridgehead atoms. The number of nitrogens with zero attached hydrogens (tertiary/aromatic N) is 2. The fourth-order valence-electron chi connectivity index (χ4n) is 3.08. The average Bonchev–Trinajstić information content (AvgIpc) is 3.32. The zero-order chi connectivity index (χ0) is 20.4. The molecule has 0 radical (unpaired) electrons. The Kier molecular flexibility index (Phi) is 5.01. The number of hydrogen-bond acceptors (Lipinski definition) is 5. The quantitative estimate of drug-likeness (QED) is 0.485. The summed E-state index contributed by atoms with van der Waals surface area (Å²) in [5.41, 5.74) is 0.316. The highest BCUT2D eigenvalue weighted by Gasteiger charge is 2.49. The molecule has 1 atom stereocenters. The van der Waals surface area contributed by atoms with E-state index in [1.54, 1.807) is 0 Å². The molecule has 2 heterocycles. The van der Waals surface area contributed by atoms with Crippen molar-refractivity contribution in [2.45, 2.75) is 30.9 Å². The van der Waals surface area contributed by atoms with E-state index in [0.717, 1.165) is 5.56 Å². The Hall–Kier alpha value is -3.27. The molecule has 1 aromatic carbocycles. The second-order valence-corrected chi connectivity index (χ2v) is 6.89. The van der Waals surface area contributed by atoms with E-state index in [9.17, 15) is 18.7 Å². The third-order valence-corrected chi connectivity index (χ3v) is 4.71. The van der Waals surface area contributed by atoms with Crippen LogP contribution in [0.15, 0.2) is 42.6 Å². The van der Waals surface area contributed by atoms with Crippen molar-refractivity contribution in [3.05, 3.63) is 48.2 Å². The Balaban J connectivity index is 1.45. The first kappa shape index (κ1) is 19.1. The van der Waals surface area contributed by atoms with E-state index in [1.807, 2.05) is 30.3 Å². The SMILES string of the molecule is O=C(Nc1cc2[nH]nc(OCC(F)F)c2cn1)NC(c1ccccc1)C1(O)CC1. The van der Waals surface area contributed by atoms with Gasteiger partial charge < -0.3 is 15.2 Å². The third kappa shape index (κ3) is 4.27. The fourth-order valence-corrected chi connectivity index (χ4v) is 3.08. The second kappa shape index (κ2) is 7.63. The van der Waals surface area contributed by atoms with Crippen LogP contribution >= 0.6 is 0 Å². The maximum atomic E-state index is 12.5. The molecule has 2 amide bonds. The van der Waals surface area contributed by atoms with Crippen molar-refractivity contribution >= 4 is 22.8 Å². The first-order chi connectivity index (χ1) is 13.9. The molecule has 152 valence electrons. The first-order valence-corrected chi connectivity index (χ1v) is 9.04. The van der Waals surface area contributed by atoms with Crippen molar-refractivity contribution in [2.24, 2.45) is 0 Å². The van der Waals surface area contributed by atoms with Crippen LogP contribution in [-0.4, -0.2) is 45.0 Å². The van der Waals surface area contributed by atoms with E-state index >= 15 is 0 Å². The number of pyridine rings is 1. The largest absolute Gasteiger partial charge is 0.470 e. The number of fused-ring (bicyclic) bond motifs is 1. The Morgan fingerprint density at radius 2 is 2.07 bits per heavy atom. The summed E-state index contributed by atoms with van der Waals surface area (Å²) in [5.74, 6) is 0.248. The molecule has 0 spiro atoms. The average molecular weight is 403 g/mol. The molecule has 1 unspecified atom stereocenters. The first-order valence-electron chi connectivity index (χ1n) is 9.04. The Morgan fingerprint density at radius 3 is 2.76 bits per heavy atom. The van der Waals surface area contributed by atoms with Crippen LogP contribution in [0.1, 0.15) is 24.4 Å². The topological polar surface area (TPSA) is 112 Å². The minimum Gasteiger partial charge on any atom is -0.470 e. The molecular formula is C19H19F2N5O3. The molecule has 4 rings (SSSR count). The summed E-state index contributed by atoms with van der Waals surface area (Å²) in [6, 6.07) is 9.67. The summed E-state index contributed by atoms with van der Waals surface area (Å²) in [7, 11) is 0. The second-order valence-electron chi connectivity index (χ2n) is 6.89. The summed E-state index contributed by atoms with van der Waals surface area (Å²) >= 11 is 0. The summed E-state index contributed by atoms with van der Waals surface area (Å²) in [6.07, 6.45) is -0.0319. The molecule has 8 nitrogen and oxygen atoms in total. The minimum absolute atomic E-state index is 0.0175. The lowest BCUT2D eigenvalue weighted by Crippen LogP contribution is -2.40. The number of benzene rings is 1. The monoisotopic (exact) mass is 403 g/mol. The van der Waals surface area contributed by atoms with Gasteiger partial charge in [0.15, 0.2) is 6.61 Å². The lowest BCUT2D eigenvalue weighted by atomic mass is 10.00. The lowest BCUT2D eigenvalue weighted by Gasteiger charge is -2.24. The van der Waals surface area contributed by atoms with Gasteiger partial charge in [-0.1, -0.05) is 30.3 Å². The number of alkyl halides is 2. The Morgan fingerprint density at radius 1 is 1.31 bits per heavy atom. The van der Waals surface area contributed by atoms with Crippen LogP contribution < -0.4 is 15.4 Å². The van der Waals surface area contributed by atoms with Gasteiger partial charge in [0.25, 0.3) is 6.43 Å². The van der Waals surface area contributed by atoms with E-state index < -0.39 is 30.7 Å². The smallest absolute Gasteiger partial charge is 0.320 e. The number of nitrogens with one attached hydrogen (secondary N) is 3. The van der Waals surface area contributed by atoms with Crippen LogP contribution in [0, 0.1) is 0 Å². The van der Waals surface area contributed by atoms with E-state index in [-0.39, 0.29) is 11.7 Å². The molecule has 2 aromatic heterocycles. The summed E-state index contributed by atoms with van der Waals surface area (Å²) in [5, 5.41) is 22.9. The number of aliphatic hydroxyl groups is 1. The predicted molar refractivity (Wildman–Crippen MR) is 101 cm³/mol. The van der Waals surface area contributed by atoms with Gasteiger partial charge in [-0.25, -0.2) is 18.6 Å². The number of anilines is 1. The number of carbonyl (C=O) groups is 1. The van der Waals surface area contributed by atoms with E-state index in [1.165, 1.54) is 12.3 Å². The van der Waals surface area contributed by atoms with Crippen molar-refractivity contribution in [1.29, 1.82) is 0 Å². The number of rotatable bonds is 7. The van der Waals surface area contributed by atoms with Crippen LogP contribution in [0.5, 0.6) is 5.88 Å². The van der Waals surface area contributed by atoms with Crippen LogP contribution in [0.2, 0.25) is 0 Å². The maximum absolute atomic E-state index is 12.5. The highest BCUT2D eigenvalue weighted by Crippen LogP contribution is 2.45. The molecule has 29 heavy (non-hydrogen) atoms. The number of amides is 2. The number of halogens is 2. The summed E-state index contributed by atoms with van der Waals surface area (Å²) in [6.45, 7) is -0.772. The van der Waals surface area contributed by atoms with Gasteiger partial charge in [0.1, 0.15) is 5.82 Å². The van der Waals surface area contributed by atoms with Crippen LogP contribution in [0.4, 0.5) is 19.4 Å². The van der Waals surface area contributed by atoms with Crippen LogP contribution in [0.25, 0.3) is 10.9 Å². The lowest BCUT2D eigenvalue weighted by molar-refractivity contribution is 0.0803. The molecule has 0 aliphatic heterocycles. The van der Waals surface area contributed by atoms with Crippen molar-refractivity contribution in [1.82, 2.24) is 20.5 Å².